The maximum Gasteiger partial charge on any atom is 0.186 e. The van der Waals surface area contributed by atoms with E-state index in [1.807, 2.05) is 25.2 Å². The van der Waals surface area contributed by atoms with Gasteiger partial charge in [0.25, 0.3) is 0 Å². The highest BCUT2D eigenvalue weighted by molar-refractivity contribution is 6.10. The summed E-state index contributed by atoms with van der Waals surface area (Å²) in [6, 6.07) is 0. The largest absolute Gasteiger partial charge is 0.289 e. The van der Waals surface area contributed by atoms with E-state index in [2.05, 4.69) is 0 Å². The summed E-state index contributed by atoms with van der Waals surface area (Å²) in [5, 5.41) is 0. The Morgan fingerprint density at radius 2 is 1.91 bits per heavy atom. The molecule has 11 heavy (non-hydrogen) atoms. The van der Waals surface area contributed by atoms with Crippen molar-refractivity contribution in [2.75, 3.05) is 0 Å². The van der Waals surface area contributed by atoms with Gasteiger partial charge >= 0.3 is 0 Å². The van der Waals surface area contributed by atoms with Crippen LogP contribution in [0.25, 0.3) is 0 Å². The summed E-state index contributed by atoms with van der Waals surface area (Å²) in [6.45, 7) is 2.02. The molecule has 0 fully saturated rings. The zero-order valence-corrected chi connectivity index (χ0v) is 6.29. The molecular formula is C10H8O. The van der Waals surface area contributed by atoms with Crippen molar-refractivity contribution in [2.45, 2.75) is 6.92 Å². The quantitative estimate of drug-likeness (QED) is 0.507. The highest BCUT2D eigenvalue weighted by Crippen LogP contribution is 2.28. The average Bonchev–Trinajstić information content (AvgIpc) is 2.35. The Morgan fingerprint density at radius 3 is 2.64 bits per heavy atom. The van der Waals surface area contributed by atoms with Gasteiger partial charge in [0.05, 0.1) is 0 Å². The lowest BCUT2D eigenvalue weighted by Crippen LogP contribution is -2.02. The van der Waals surface area contributed by atoms with Crippen molar-refractivity contribution in [1.29, 1.82) is 0 Å². The Kier molecular flexibility index (Phi) is 1.19. The van der Waals surface area contributed by atoms with Crippen molar-refractivity contribution in [3.8, 4) is 0 Å². The molecule has 2 aliphatic rings. The molecule has 1 heteroatoms. The monoisotopic (exact) mass is 144 g/mol. The van der Waals surface area contributed by atoms with Crippen LogP contribution >= 0.6 is 0 Å². The first kappa shape index (κ1) is 6.35. The lowest BCUT2D eigenvalue weighted by Gasteiger charge is -2.06. The minimum atomic E-state index is 0.121. The fourth-order valence-electron chi connectivity index (χ4n) is 1.36. The molecule has 0 saturated carbocycles. The fourth-order valence-corrected chi connectivity index (χ4v) is 1.36. The van der Waals surface area contributed by atoms with Gasteiger partial charge in [0.2, 0.25) is 0 Å². The number of ketones is 1. The van der Waals surface area contributed by atoms with E-state index in [1.54, 1.807) is 12.2 Å². The molecule has 0 saturated heterocycles. The molecule has 2 rings (SSSR count). The molecule has 0 unspecified atom stereocenters. The van der Waals surface area contributed by atoms with Gasteiger partial charge in [-0.25, -0.2) is 0 Å². The number of carbonyl (C=O) groups excluding carboxylic acids is 1. The molecular weight excluding hydrogens is 136 g/mol. The molecule has 0 aromatic rings. The summed E-state index contributed by atoms with van der Waals surface area (Å²) < 4.78 is 0. The Morgan fingerprint density at radius 1 is 1.09 bits per heavy atom. The Bertz CT molecular complexity index is 338. The molecule has 0 radical (unpaired) electrons. The number of allylic oxidation sites excluding steroid dienone is 8. The summed E-state index contributed by atoms with van der Waals surface area (Å²) in [4.78, 5) is 11.2. The second kappa shape index (κ2) is 2.06. The summed E-state index contributed by atoms with van der Waals surface area (Å²) in [5.41, 5.74) is 3.10. The predicted molar refractivity (Wildman–Crippen MR) is 44.1 cm³/mol. The first-order chi connectivity index (χ1) is 5.29. The third-order valence-electron chi connectivity index (χ3n) is 1.99. The first-order valence-corrected chi connectivity index (χ1v) is 3.61. The highest BCUT2D eigenvalue weighted by Gasteiger charge is 2.18. The number of carbonyl (C=O) groups is 1. The van der Waals surface area contributed by atoms with Gasteiger partial charge in [-0.1, -0.05) is 24.3 Å². The van der Waals surface area contributed by atoms with Gasteiger partial charge in [-0.15, -0.1) is 0 Å². The van der Waals surface area contributed by atoms with Crippen LogP contribution in [-0.4, -0.2) is 5.78 Å². The summed E-state index contributed by atoms with van der Waals surface area (Å²) >= 11 is 0. The Hall–Kier alpha value is -1.37. The first-order valence-electron chi connectivity index (χ1n) is 3.61. The van der Waals surface area contributed by atoms with Crippen LogP contribution in [0, 0.1) is 0 Å². The van der Waals surface area contributed by atoms with Gasteiger partial charge in [0.1, 0.15) is 0 Å². The maximum absolute atomic E-state index is 11.2. The number of hydrogen-bond donors (Lipinski definition) is 0. The molecule has 0 N–H and O–H groups in total. The second-order valence-electron chi connectivity index (χ2n) is 2.73. The van der Waals surface area contributed by atoms with Crippen molar-refractivity contribution >= 4 is 5.78 Å². The van der Waals surface area contributed by atoms with Gasteiger partial charge in [-0.2, -0.15) is 0 Å². The molecule has 0 aromatic carbocycles. The van der Waals surface area contributed by atoms with Gasteiger partial charge < -0.3 is 0 Å². The van der Waals surface area contributed by atoms with E-state index in [-0.39, 0.29) is 5.78 Å². The zero-order chi connectivity index (χ0) is 7.84. The van der Waals surface area contributed by atoms with E-state index in [0.29, 0.717) is 0 Å². The van der Waals surface area contributed by atoms with E-state index in [0.717, 1.165) is 11.1 Å². The third kappa shape index (κ3) is 0.811. The van der Waals surface area contributed by atoms with Crippen LogP contribution in [0.1, 0.15) is 6.92 Å². The number of fused-ring (bicyclic) bond motifs is 1. The molecule has 0 amide bonds. The maximum atomic E-state index is 11.2. The molecule has 0 atom stereocenters. The fraction of sp³-hybridized carbons (Fsp3) is 0.100. The van der Waals surface area contributed by atoms with Crippen LogP contribution in [0.3, 0.4) is 0 Å². The molecule has 2 aliphatic carbocycles. The second-order valence-corrected chi connectivity index (χ2v) is 2.73. The highest BCUT2D eigenvalue weighted by atomic mass is 16.1. The predicted octanol–water partition coefficient (Wildman–Crippen LogP) is 1.94. The molecule has 54 valence electrons. The number of hydrogen-bond acceptors (Lipinski definition) is 1. The lowest BCUT2D eigenvalue weighted by atomic mass is 9.97. The van der Waals surface area contributed by atoms with Crippen molar-refractivity contribution in [2.24, 2.45) is 0 Å². The van der Waals surface area contributed by atoms with E-state index >= 15 is 0 Å². The van der Waals surface area contributed by atoms with Crippen molar-refractivity contribution in [3.05, 3.63) is 47.1 Å². The summed E-state index contributed by atoms with van der Waals surface area (Å²) in [5.74, 6) is 0.121. The van der Waals surface area contributed by atoms with Gasteiger partial charge in [-0.3, -0.25) is 4.79 Å². The molecule has 0 aromatic heterocycles. The minimum absolute atomic E-state index is 0.121. The van der Waals surface area contributed by atoms with E-state index < -0.39 is 0 Å². The van der Waals surface area contributed by atoms with Crippen LogP contribution in [-0.2, 0) is 4.79 Å². The van der Waals surface area contributed by atoms with Crippen molar-refractivity contribution in [3.63, 3.8) is 0 Å². The number of rotatable bonds is 0. The van der Waals surface area contributed by atoms with Crippen LogP contribution < -0.4 is 0 Å². The standard InChI is InChI=1S/C10H8O/c1-7-5-6-9-8(7)3-2-4-10(9)11/h2-6H,1H3. The van der Waals surface area contributed by atoms with Crippen molar-refractivity contribution in [1.82, 2.24) is 0 Å². The van der Waals surface area contributed by atoms with Gasteiger partial charge in [0.15, 0.2) is 5.78 Å². The third-order valence-corrected chi connectivity index (χ3v) is 1.99. The zero-order valence-electron chi connectivity index (χ0n) is 6.29. The van der Waals surface area contributed by atoms with E-state index in [1.165, 1.54) is 5.57 Å². The van der Waals surface area contributed by atoms with E-state index in [9.17, 15) is 4.79 Å². The van der Waals surface area contributed by atoms with Crippen LogP contribution in [0.5, 0.6) is 0 Å². The molecule has 0 spiro atoms. The normalized spacial score (nSPS) is 20.8. The smallest absolute Gasteiger partial charge is 0.186 e. The van der Waals surface area contributed by atoms with Gasteiger partial charge in [-0.05, 0) is 24.1 Å². The average molecular weight is 144 g/mol. The van der Waals surface area contributed by atoms with E-state index in [4.69, 9.17) is 0 Å². The lowest BCUT2D eigenvalue weighted by molar-refractivity contribution is -0.111. The van der Waals surface area contributed by atoms with Crippen molar-refractivity contribution < 1.29 is 4.79 Å². The summed E-state index contributed by atoms with van der Waals surface area (Å²) in [7, 11) is 0. The topological polar surface area (TPSA) is 17.1 Å². The van der Waals surface area contributed by atoms with Crippen LogP contribution in [0.4, 0.5) is 0 Å². The Balaban J connectivity index is 2.53. The molecule has 0 heterocycles. The molecule has 0 aliphatic heterocycles. The van der Waals surface area contributed by atoms with Gasteiger partial charge in [0, 0.05) is 5.57 Å². The molecule has 1 nitrogen and oxygen atoms in total. The van der Waals surface area contributed by atoms with Crippen LogP contribution in [0.2, 0.25) is 0 Å². The minimum Gasteiger partial charge on any atom is -0.289 e. The van der Waals surface area contributed by atoms with Crippen LogP contribution in [0.15, 0.2) is 47.1 Å². The summed E-state index contributed by atoms with van der Waals surface area (Å²) in [6.07, 6.45) is 9.24. The molecule has 0 bridgehead atoms. The SMILES string of the molecule is CC1=CC=C2C(=O)C=CC=C12. The Labute approximate surface area is 65.4 Å².